The zero-order valence-electron chi connectivity index (χ0n) is 20.7. The van der Waals surface area contributed by atoms with Gasteiger partial charge in [-0.05, 0) is 42.5 Å². The van der Waals surface area contributed by atoms with Crippen LogP contribution in [-0.2, 0) is 0 Å². The van der Waals surface area contributed by atoms with Gasteiger partial charge in [-0.25, -0.2) is 0 Å². The Hall–Kier alpha value is -4.81. The molecule has 0 bridgehead atoms. The summed E-state index contributed by atoms with van der Waals surface area (Å²) in [7, 11) is 0. The molecule has 39 heavy (non-hydrogen) atoms. The van der Waals surface area contributed by atoms with E-state index in [-0.39, 0.29) is 6.71 Å². The fourth-order valence-corrected chi connectivity index (χ4v) is 7.46. The molecule has 1 aliphatic rings. The number of nitrogens with zero attached hydrogens (tertiary/aromatic N) is 2. The summed E-state index contributed by atoms with van der Waals surface area (Å²) in [6, 6.07) is 36.2. The Labute approximate surface area is 227 Å². The van der Waals surface area contributed by atoms with Crippen LogP contribution in [0.1, 0.15) is 0 Å². The van der Waals surface area contributed by atoms with Crippen LogP contribution in [0.5, 0.6) is 0 Å². The summed E-state index contributed by atoms with van der Waals surface area (Å²) in [4.78, 5) is 6.78. The zero-order valence-corrected chi connectivity index (χ0v) is 21.5. The Morgan fingerprint density at radius 3 is 2.33 bits per heavy atom. The van der Waals surface area contributed by atoms with Gasteiger partial charge in [-0.1, -0.05) is 66.1 Å². The van der Waals surface area contributed by atoms with Crippen molar-refractivity contribution in [2.45, 2.75) is 0 Å². The number of para-hydroxylation sites is 1. The fraction of sp³-hybridized carbons (Fsp3) is 0. The molecule has 0 atom stereocenters. The van der Waals surface area contributed by atoms with E-state index in [1.807, 2.05) is 29.7 Å². The predicted molar refractivity (Wildman–Crippen MR) is 162 cm³/mol. The molecule has 0 saturated carbocycles. The molecule has 4 aromatic heterocycles. The summed E-state index contributed by atoms with van der Waals surface area (Å²) in [5, 5.41) is 4.42. The second-order valence-corrected chi connectivity index (χ2v) is 11.0. The van der Waals surface area contributed by atoms with Gasteiger partial charge >= 0.3 is 6.71 Å². The van der Waals surface area contributed by atoms with Gasteiger partial charge in [0.25, 0.3) is 0 Å². The van der Waals surface area contributed by atoms with Crippen molar-refractivity contribution in [2.75, 3.05) is 4.90 Å². The van der Waals surface area contributed by atoms with Crippen LogP contribution in [0.15, 0.2) is 124 Å². The molecule has 0 N–H and O–H groups in total. The van der Waals surface area contributed by atoms with Crippen LogP contribution in [0.4, 0.5) is 17.1 Å². The number of rotatable bonds is 2. The van der Waals surface area contributed by atoms with Crippen molar-refractivity contribution >= 4 is 94.0 Å². The van der Waals surface area contributed by atoms with Gasteiger partial charge in [0.05, 0.1) is 11.4 Å². The lowest BCUT2D eigenvalue weighted by Crippen LogP contribution is -2.55. The third kappa shape index (κ3) is 2.92. The van der Waals surface area contributed by atoms with Gasteiger partial charge < -0.3 is 13.7 Å². The standard InChI is InChI=1S/C33H19BN2O2S/c1-2-8-20(9-3-1)34-32-30(22-10-4-6-12-26(22)38-32)36(31-23-11-5-7-13-29(23)39-33(31)34)21-14-15-27-24(18-21)25-19-35-17-16-28(25)37-27/h1-19H. The molecule has 0 aliphatic carbocycles. The van der Waals surface area contributed by atoms with Gasteiger partial charge in [0, 0.05) is 49.1 Å². The average molecular weight is 518 g/mol. The highest BCUT2D eigenvalue weighted by molar-refractivity contribution is 7.33. The number of furan rings is 2. The molecule has 9 rings (SSSR count). The first-order valence-electron chi connectivity index (χ1n) is 13.0. The number of hydrogen-bond acceptors (Lipinski definition) is 5. The molecule has 5 heterocycles. The van der Waals surface area contributed by atoms with Gasteiger partial charge in [-0.15, -0.1) is 11.3 Å². The number of fused-ring (bicyclic) bond motifs is 9. The van der Waals surface area contributed by atoms with Gasteiger partial charge in [0.2, 0.25) is 0 Å². The van der Waals surface area contributed by atoms with Crippen LogP contribution in [0.3, 0.4) is 0 Å². The van der Waals surface area contributed by atoms with E-state index < -0.39 is 0 Å². The van der Waals surface area contributed by atoms with Crippen LogP contribution in [0, 0.1) is 0 Å². The van der Waals surface area contributed by atoms with Crippen molar-refractivity contribution in [3.8, 4) is 0 Å². The van der Waals surface area contributed by atoms with E-state index in [0.29, 0.717) is 0 Å². The summed E-state index contributed by atoms with van der Waals surface area (Å²) in [6.07, 6.45) is 3.66. The molecular formula is C33H19BN2O2S. The molecule has 0 unspecified atom stereocenters. The van der Waals surface area contributed by atoms with Crippen molar-refractivity contribution in [3.63, 3.8) is 0 Å². The molecule has 0 radical (unpaired) electrons. The largest absolute Gasteiger partial charge is 0.468 e. The molecule has 182 valence electrons. The Bertz CT molecular complexity index is 2130. The van der Waals surface area contributed by atoms with E-state index in [9.17, 15) is 0 Å². The average Bonchev–Trinajstić information content (AvgIpc) is 3.67. The number of benzene rings is 4. The predicted octanol–water partition coefficient (Wildman–Crippen LogP) is 7.24. The SMILES string of the molecule is c1ccc(B2c3oc4ccccc4c3N(c3ccc4oc5ccncc5c4c3)c3c2sc2ccccc32)cc1. The van der Waals surface area contributed by atoms with Gasteiger partial charge in [0.1, 0.15) is 22.4 Å². The molecule has 1 aliphatic heterocycles. The summed E-state index contributed by atoms with van der Waals surface area (Å²) >= 11 is 1.85. The van der Waals surface area contributed by atoms with Crippen LogP contribution in [0.2, 0.25) is 0 Å². The highest BCUT2D eigenvalue weighted by atomic mass is 32.1. The molecule has 0 amide bonds. The first kappa shape index (κ1) is 21.2. The monoisotopic (exact) mass is 518 g/mol. The maximum atomic E-state index is 6.74. The van der Waals surface area contributed by atoms with Gasteiger partial charge in [-0.2, -0.15) is 0 Å². The smallest absolute Gasteiger partial charge is 0.305 e. The van der Waals surface area contributed by atoms with Crippen molar-refractivity contribution in [1.82, 2.24) is 4.98 Å². The summed E-state index contributed by atoms with van der Waals surface area (Å²) in [6.45, 7) is -0.0000588. The maximum Gasteiger partial charge on any atom is 0.305 e. The molecule has 4 nitrogen and oxygen atoms in total. The van der Waals surface area contributed by atoms with E-state index in [1.165, 1.54) is 26.0 Å². The molecule has 0 fully saturated rings. The van der Waals surface area contributed by atoms with E-state index >= 15 is 0 Å². The molecule has 6 heteroatoms. The van der Waals surface area contributed by atoms with Crippen molar-refractivity contribution in [1.29, 1.82) is 0 Å². The summed E-state index contributed by atoms with van der Waals surface area (Å²) < 4.78 is 15.4. The first-order valence-corrected chi connectivity index (χ1v) is 13.8. The minimum absolute atomic E-state index is 0.0000588. The van der Waals surface area contributed by atoms with Crippen LogP contribution >= 0.6 is 11.3 Å². The minimum atomic E-state index is -0.0000588. The van der Waals surface area contributed by atoms with Crippen molar-refractivity contribution in [3.05, 3.63) is 116 Å². The lowest BCUT2D eigenvalue weighted by molar-refractivity contribution is 0.651. The Kier molecular flexibility index (Phi) is 4.26. The highest BCUT2D eigenvalue weighted by Crippen LogP contribution is 2.47. The molecule has 4 aromatic carbocycles. The topological polar surface area (TPSA) is 42.4 Å². The Morgan fingerprint density at radius 1 is 0.641 bits per heavy atom. The summed E-state index contributed by atoms with van der Waals surface area (Å²) in [5.41, 5.74) is 8.18. The molecular weight excluding hydrogens is 499 g/mol. The number of aromatic nitrogens is 1. The second-order valence-electron chi connectivity index (χ2n) is 9.96. The van der Waals surface area contributed by atoms with Gasteiger partial charge in [0.15, 0.2) is 0 Å². The second kappa shape index (κ2) is 7.85. The first-order chi connectivity index (χ1) is 19.3. The number of pyridine rings is 1. The van der Waals surface area contributed by atoms with Crippen molar-refractivity contribution in [2.24, 2.45) is 0 Å². The quantitative estimate of drug-likeness (QED) is 0.226. The molecule has 8 aromatic rings. The van der Waals surface area contributed by atoms with E-state index in [2.05, 4.69) is 101 Å². The third-order valence-corrected chi connectivity index (χ3v) is 9.03. The Balaban J connectivity index is 1.42. The normalized spacial score (nSPS) is 13.0. The van der Waals surface area contributed by atoms with Crippen LogP contribution in [0.25, 0.3) is 43.0 Å². The lowest BCUT2D eigenvalue weighted by Gasteiger charge is -2.32. The van der Waals surface area contributed by atoms with Crippen LogP contribution in [-0.4, -0.2) is 11.7 Å². The van der Waals surface area contributed by atoms with Crippen LogP contribution < -0.4 is 20.8 Å². The third-order valence-electron chi connectivity index (χ3n) is 7.81. The number of anilines is 3. The lowest BCUT2D eigenvalue weighted by atomic mass is 9.40. The van der Waals surface area contributed by atoms with E-state index in [1.54, 1.807) is 6.20 Å². The highest BCUT2D eigenvalue weighted by Gasteiger charge is 2.42. The minimum Gasteiger partial charge on any atom is -0.468 e. The zero-order chi connectivity index (χ0) is 25.5. The van der Waals surface area contributed by atoms with Gasteiger partial charge in [-0.3, -0.25) is 4.98 Å². The summed E-state index contributed by atoms with van der Waals surface area (Å²) in [5.74, 6) is 0. The molecule has 0 saturated heterocycles. The maximum absolute atomic E-state index is 6.74. The van der Waals surface area contributed by atoms with E-state index in [4.69, 9.17) is 8.83 Å². The molecule has 0 spiro atoms. The van der Waals surface area contributed by atoms with Crippen molar-refractivity contribution < 1.29 is 8.83 Å². The fourth-order valence-electron chi connectivity index (χ4n) is 6.14. The number of thiophene rings is 1. The van der Waals surface area contributed by atoms with E-state index in [0.717, 1.165) is 49.9 Å². The number of hydrogen-bond donors (Lipinski definition) is 0. The Morgan fingerprint density at radius 2 is 1.41 bits per heavy atom.